The lowest BCUT2D eigenvalue weighted by Gasteiger charge is -2.42. The van der Waals surface area contributed by atoms with Gasteiger partial charge in [-0.05, 0) is 43.4 Å². The van der Waals surface area contributed by atoms with E-state index >= 15 is 0 Å². The van der Waals surface area contributed by atoms with Crippen LogP contribution in [0.1, 0.15) is 36.0 Å². The first-order valence-electron chi connectivity index (χ1n) is 5.60. The number of hydrogen-bond acceptors (Lipinski definition) is 2. The molecule has 0 atom stereocenters. The molecule has 0 amide bonds. The van der Waals surface area contributed by atoms with E-state index in [0.717, 1.165) is 24.0 Å². The molecule has 2 heteroatoms. The standard InChI is InChI=1S/C13H19NO/c1-9-4-5-11(10(2)12(9)15)13(8-14)6-3-7-13/h4-5,15H,3,6-8,14H2,1-2H3. The normalized spacial score (nSPS) is 18.6. The summed E-state index contributed by atoms with van der Waals surface area (Å²) >= 11 is 0. The Kier molecular flexibility index (Phi) is 2.47. The van der Waals surface area contributed by atoms with Crippen LogP contribution < -0.4 is 5.73 Å². The van der Waals surface area contributed by atoms with E-state index in [2.05, 4.69) is 6.07 Å². The molecule has 1 aromatic carbocycles. The van der Waals surface area contributed by atoms with Crippen molar-refractivity contribution in [1.29, 1.82) is 0 Å². The maximum absolute atomic E-state index is 9.92. The maximum Gasteiger partial charge on any atom is 0.121 e. The molecular weight excluding hydrogens is 186 g/mol. The van der Waals surface area contributed by atoms with Crippen LogP contribution in [0, 0.1) is 13.8 Å². The fourth-order valence-electron chi connectivity index (χ4n) is 2.60. The molecule has 3 N–H and O–H groups in total. The van der Waals surface area contributed by atoms with Crippen molar-refractivity contribution in [3.63, 3.8) is 0 Å². The van der Waals surface area contributed by atoms with Gasteiger partial charge in [0.2, 0.25) is 0 Å². The summed E-state index contributed by atoms with van der Waals surface area (Å²) in [7, 11) is 0. The van der Waals surface area contributed by atoms with Crippen molar-refractivity contribution >= 4 is 0 Å². The molecule has 1 saturated carbocycles. The maximum atomic E-state index is 9.92. The van der Waals surface area contributed by atoms with Gasteiger partial charge in [-0.3, -0.25) is 0 Å². The molecule has 0 radical (unpaired) electrons. The van der Waals surface area contributed by atoms with E-state index in [4.69, 9.17) is 5.73 Å². The average Bonchev–Trinajstić information content (AvgIpc) is 2.17. The van der Waals surface area contributed by atoms with Gasteiger partial charge in [-0.2, -0.15) is 0 Å². The predicted octanol–water partition coefficient (Wildman–Crippen LogP) is 2.39. The van der Waals surface area contributed by atoms with Gasteiger partial charge in [-0.25, -0.2) is 0 Å². The SMILES string of the molecule is Cc1ccc(C2(CN)CCC2)c(C)c1O. The molecule has 0 bridgehead atoms. The third-order valence-electron chi connectivity index (χ3n) is 3.91. The van der Waals surface area contributed by atoms with E-state index in [-0.39, 0.29) is 5.41 Å². The van der Waals surface area contributed by atoms with Crippen LogP contribution in [0.2, 0.25) is 0 Å². The van der Waals surface area contributed by atoms with Gasteiger partial charge >= 0.3 is 0 Å². The number of aryl methyl sites for hydroxylation is 1. The Morgan fingerprint density at radius 1 is 1.33 bits per heavy atom. The zero-order valence-electron chi connectivity index (χ0n) is 9.51. The number of hydrogen-bond donors (Lipinski definition) is 2. The van der Waals surface area contributed by atoms with E-state index in [1.165, 1.54) is 12.0 Å². The van der Waals surface area contributed by atoms with E-state index in [1.807, 2.05) is 19.9 Å². The van der Waals surface area contributed by atoms with Crippen molar-refractivity contribution in [3.8, 4) is 5.75 Å². The summed E-state index contributed by atoms with van der Waals surface area (Å²) in [4.78, 5) is 0. The van der Waals surface area contributed by atoms with Crippen LogP contribution in [0.25, 0.3) is 0 Å². The van der Waals surface area contributed by atoms with E-state index in [1.54, 1.807) is 0 Å². The topological polar surface area (TPSA) is 46.2 Å². The van der Waals surface area contributed by atoms with Crippen LogP contribution >= 0.6 is 0 Å². The van der Waals surface area contributed by atoms with Crippen LogP contribution in [-0.4, -0.2) is 11.7 Å². The Morgan fingerprint density at radius 2 is 2.00 bits per heavy atom. The van der Waals surface area contributed by atoms with Crippen molar-refractivity contribution < 1.29 is 5.11 Å². The van der Waals surface area contributed by atoms with E-state index in [9.17, 15) is 5.11 Å². The van der Waals surface area contributed by atoms with Gasteiger partial charge in [0.25, 0.3) is 0 Å². The highest BCUT2D eigenvalue weighted by Crippen LogP contribution is 2.45. The Morgan fingerprint density at radius 3 is 2.47 bits per heavy atom. The number of phenolic OH excluding ortho intramolecular Hbond substituents is 1. The average molecular weight is 205 g/mol. The fourth-order valence-corrected chi connectivity index (χ4v) is 2.60. The second kappa shape index (κ2) is 3.53. The molecule has 0 unspecified atom stereocenters. The summed E-state index contributed by atoms with van der Waals surface area (Å²) in [6.07, 6.45) is 3.57. The quantitative estimate of drug-likeness (QED) is 0.778. The largest absolute Gasteiger partial charge is 0.507 e. The minimum atomic E-state index is 0.148. The van der Waals surface area contributed by atoms with Gasteiger partial charge in [0, 0.05) is 12.0 Å². The summed E-state index contributed by atoms with van der Waals surface area (Å²) in [5, 5.41) is 9.92. The first-order chi connectivity index (χ1) is 7.10. The molecular formula is C13H19NO. The Hall–Kier alpha value is -1.02. The lowest BCUT2D eigenvalue weighted by molar-refractivity contribution is 0.251. The third kappa shape index (κ3) is 1.44. The molecule has 15 heavy (non-hydrogen) atoms. The van der Waals surface area contributed by atoms with Gasteiger partial charge in [0.1, 0.15) is 5.75 Å². The molecule has 2 rings (SSSR count). The summed E-state index contributed by atoms with van der Waals surface area (Å²) in [6, 6.07) is 4.13. The number of rotatable bonds is 2. The highest BCUT2D eigenvalue weighted by atomic mass is 16.3. The molecule has 1 fully saturated rings. The Bertz CT molecular complexity index is 375. The lowest BCUT2D eigenvalue weighted by Crippen LogP contribution is -2.42. The molecule has 0 aliphatic heterocycles. The number of nitrogens with two attached hydrogens (primary N) is 1. The van der Waals surface area contributed by atoms with Crippen molar-refractivity contribution in [2.45, 2.75) is 38.5 Å². The van der Waals surface area contributed by atoms with E-state index in [0.29, 0.717) is 12.3 Å². The predicted molar refractivity (Wildman–Crippen MR) is 62.2 cm³/mol. The van der Waals surface area contributed by atoms with E-state index < -0.39 is 0 Å². The number of benzene rings is 1. The fraction of sp³-hybridized carbons (Fsp3) is 0.538. The zero-order chi connectivity index (χ0) is 11.1. The second-order valence-corrected chi connectivity index (χ2v) is 4.74. The van der Waals surface area contributed by atoms with Crippen molar-refractivity contribution in [2.75, 3.05) is 6.54 Å². The molecule has 82 valence electrons. The van der Waals surface area contributed by atoms with Crippen molar-refractivity contribution in [2.24, 2.45) is 5.73 Å². The number of aromatic hydroxyl groups is 1. The van der Waals surface area contributed by atoms with Gasteiger partial charge in [0.15, 0.2) is 0 Å². The van der Waals surface area contributed by atoms with Crippen LogP contribution in [0.4, 0.5) is 0 Å². The highest BCUT2D eigenvalue weighted by Gasteiger charge is 2.38. The summed E-state index contributed by atoms with van der Waals surface area (Å²) in [5.74, 6) is 0.437. The van der Waals surface area contributed by atoms with Crippen molar-refractivity contribution in [3.05, 3.63) is 28.8 Å². The Labute approximate surface area is 91.1 Å². The molecule has 0 heterocycles. The third-order valence-corrected chi connectivity index (χ3v) is 3.91. The summed E-state index contributed by atoms with van der Waals surface area (Å²) < 4.78 is 0. The van der Waals surface area contributed by atoms with Crippen LogP contribution in [0.15, 0.2) is 12.1 Å². The Balaban J connectivity index is 2.49. The van der Waals surface area contributed by atoms with Crippen LogP contribution in [0.5, 0.6) is 5.75 Å². The summed E-state index contributed by atoms with van der Waals surface area (Å²) in [5.41, 5.74) is 9.23. The van der Waals surface area contributed by atoms with Gasteiger partial charge < -0.3 is 10.8 Å². The number of phenols is 1. The van der Waals surface area contributed by atoms with Crippen molar-refractivity contribution in [1.82, 2.24) is 0 Å². The van der Waals surface area contributed by atoms with Gasteiger partial charge in [-0.15, -0.1) is 0 Å². The lowest BCUT2D eigenvalue weighted by atomic mass is 9.63. The molecule has 0 saturated heterocycles. The highest BCUT2D eigenvalue weighted by molar-refractivity contribution is 5.48. The molecule has 0 aromatic heterocycles. The molecule has 2 nitrogen and oxygen atoms in total. The first kappa shape index (κ1) is 10.5. The first-order valence-corrected chi connectivity index (χ1v) is 5.60. The monoisotopic (exact) mass is 205 g/mol. The summed E-state index contributed by atoms with van der Waals surface area (Å²) in [6.45, 7) is 4.62. The van der Waals surface area contributed by atoms with Gasteiger partial charge in [-0.1, -0.05) is 18.6 Å². The zero-order valence-corrected chi connectivity index (χ0v) is 9.51. The van der Waals surface area contributed by atoms with Crippen LogP contribution in [-0.2, 0) is 5.41 Å². The smallest absolute Gasteiger partial charge is 0.121 e. The van der Waals surface area contributed by atoms with Gasteiger partial charge in [0.05, 0.1) is 0 Å². The molecule has 0 spiro atoms. The minimum absolute atomic E-state index is 0.148. The molecule has 1 aromatic rings. The molecule has 1 aliphatic rings. The molecule has 1 aliphatic carbocycles. The minimum Gasteiger partial charge on any atom is -0.507 e. The van der Waals surface area contributed by atoms with Crippen LogP contribution in [0.3, 0.4) is 0 Å². The second-order valence-electron chi connectivity index (χ2n) is 4.74.